The fourth-order valence-corrected chi connectivity index (χ4v) is 6.62. The van der Waals surface area contributed by atoms with Crippen molar-refractivity contribution in [1.82, 2.24) is 19.5 Å². The number of nitrogens with zero attached hydrogens (tertiary/aromatic N) is 4. The van der Waals surface area contributed by atoms with Crippen molar-refractivity contribution in [2.75, 3.05) is 44.7 Å². The average Bonchev–Trinajstić information content (AvgIpc) is 3.41. The number of hydrogen-bond donors (Lipinski definition) is 1. The highest BCUT2D eigenvalue weighted by Crippen LogP contribution is 2.36. The van der Waals surface area contributed by atoms with Gasteiger partial charge in [0.15, 0.2) is 0 Å². The van der Waals surface area contributed by atoms with E-state index in [1.54, 1.807) is 0 Å². The van der Waals surface area contributed by atoms with Crippen molar-refractivity contribution in [3.63, 3.8) is 0 Å². The lowest BCUT2D eigenvalue weighted by Gasteiger charge is -2.44. The molecule has 0 saturated carbocycles. The van der Waals surface area contributed by atoms with E-state index in [1.807, 2.05) is 0 Å². The topological polar surface area (TPSA) is 51.7 Å². The second kappa shape index (κ2) is 6.40. The van der Waals surface area contributed by atoms with Crippen molar-refractivity contribution in [2.45, 2.75) is 37.4 Å². The number of aromatic nitrogens is 1. The van der Waals surface area contributed by atoms with E-state index in [2.05, 4.69) is 49.6 Å². The molecule has 1 aromatic carbocycles. The Labute approximate surface area is 169 Å². The van der Waals surface area contributed by atoms with E-state index in [9.17, 15) is 4.79 Å². The lowest BCUT2D eigenvalue weighted by atomic mass is 9.84. The van der Waals surface area contributed by atoms with Crippen LogP contribution in [0.4, 0.5) is 5.69 Å². The van der Waals surface area contributed by atoms with Gasteiger partial charge in [-0.1, -0.05) is 0 Å². The summed E-state index contributed by atoms with van der Waals surface area (Å²) < 4.78 is 5.66. The molecule has 5 fully saturated rings. The number of fused-ring (bicyclic) bond motifs is 6. The van der Waals surface area contributed by atoms with Crippen molar-refractivity contribution < 1.29 is 4.79 Å². The van der Waals surface area contributed by atoms with Crippen LogP contribution in [0.3, 0.4) is 0 Å². The molecule has 0 spiro atoms. The van der Waals surface area contributed by atoms with E-state index in [4.69, 9.17) is 0 Å². The molecule has 6 nitrogen and oxygen atoms in total. The van der Waals surface area contributed by atoms with E-state index in [0.717, 1.165) is 29.7 Å². The summed E-state index contributed by atoms with van der Waals surface area (Å²) in [4.78, 5) is 20.4. The molecule has 7 rings (SSSR count). The maximum Gasteiger partial charge on any atom is 0.271 e. The second-order valence-electron chi connectivity index (χ2n) is 9.06. The van der Waals surface area contributed by atoms with E-state index in [0.29, 0.717) is 23.7 Å². The Morgan fingerprint density at radius 3 is 2.71 bits per heavy atom. The average molecular weight is 398 g/mol. The largest absolute Gasteiger partial charge is 0.366 e. The van der Waals surface area contributed by atoms with Crippen LogP contribution in [-0.4, -0.2) is 78.0 Å². The molecule has 6 heterocycles. The van der Waals surface area contributed by atoms with Crippen LogP contribution in [0.2, 0.25) is 0 Å². The number of piperidine rings is 3. The monoisotopic (exact) mass is 397 g/mol. The van der Waals surface area contributed by atoms with Gasteiger partial charge in [0.25, 0.3) is 5.91 Å². The van der Waals surface area contributed by atoms with Gasteiger partial charge < -0.3 is 15.1 Å². The van der Waals surface area contributed by atoms with Gasteiger partial charge in [-0.15, -0.1) is 0 Å². The SMILES string of the molecule is CN1C[C@@H]2C[C@H]1CN2c1ccc2c(C(=O)N[C@H]3CN4CCC3CC4)nsc2c1. The smallest absolute Gasteiger partial charge is 0.271 e. The van der Waals surface area contributed by atoms with Gasteiger partial charge in [0.05, 0.1) is 4.70 Å². The summed E-state index contributed by atoms with van der Waals surface area (Å²) in [5, 5.41) is 4.28. The van der Waals surface area contributed by atoms with Gasteiger partial charge in [0, 0.05) is 48.8 Å². The number of carbonyl (C=O) groups is 1. The summed E-state index contributed by atoms with van der Waals surface area (Å²) in [6.45, 7) is 5.63. The first kappa shape index (κ1) is 17.2. The zero-order valence-corrected chi connectivity index (χ0v) is 17.1. The molecule has 5 aliphatic rings. The van der Waals surface area contributed by atoms with Crippen LogP contribution in [0.5, 0.6) is 0 Å². The predicted molar refractivity (Wildman–Crippen MR) is 112 cm³/mol. The molecule has 1 aromatic heterocycles. The number of benzene rings is 1. The van der Waals surface area contributed by atoms with E-state index in [-0.39, 0.29) is 11.9 Å². The lowest BCUT2D eigenvalue weighted by Crippen LogP contribution is -2.57. The highest BCUT2D eigenvalue weighted by molar-refractivity contribution is 7.13. The molecule has 148 valence electrons. The van der Waals surface area contributed by atoms with Gasteiger partial charge >= 0.3 is 0 Å². The van der Waals surface area contributed by atoms with Gasteiger partial charge in [-0.25, -0.2) is 0 Å². The Bertz CT molecular complexity index is 919. The van der Waals surface area contributed by atoms with Crippen molar-refractivity contribution in [1.29, 1.82) is 0 Å². The quantitative estimate of drug-likeness (QED) is 0.859. The summed E-state index contributed by atoms with van der Waals surface area (Å²) in [5.74, 6) is 0.633. The third-order valence-corrected chi connectivity index (χ3v) is 8.30. The number of amides is 1. The van der Waals surface area contributed by atoms with Crippen LogP contribution in [0, 0.1) is 5.92 Å². The van der Waals surface area contributed by atoms with Gasteiger partial charge in [-0.2, -0.15) is 4.37 Å². The number of hydrogen-bond acceptors (Lipinski definition) is 6. The molecular formula is C21H27N5OS. The zero-order valence-electron chi connectivity index (χ0n) is 16.3. The van der Waals surface area contributed by atoms with Gasteiger partial charge in [-0.05, 0) is 75.0 Å². The molecule has 4 bridgehead atoms. The lowest BCUT2D eigenvalue weighted by molar-refractivity contribution is 0.0619. The Morgan fingerprint density at radius 2 is 2.04 bits per heavy atom. The van der Waals surface area contributed by atoms with Crippen molar-refractivity contribution in [2.24, 2.45) is 5.92 Å². The molecule has 7 heteroatoms. The predicted octanol–water partition coefficient (Wildman–Crippen LogP) is 2.01. The first-order valence-electron chi connectivity index (χ1n) is 10.6. The number of anilines is 1. The summed E-state index contributed by atoms with van der Waals surface area (Å²) >= 11 is 1.45. The highest BCUT2D eigenvalue weighted by Gasteiger charge is 2.41. The Hall–Kier alpha value is -1.70. The molecule has 0 unspecified atom stereocenters. The maximum atomic E-state index is 12.9. The summed E-state index contributed by atoms with van der Waals surface area (Å²) in [6, 6.07) is 8.12. The number of rotatable bonds is 3. The number of nitrogens with one attached hydrogen (secondary N) is 1. The number of piperazine rings is 1. The third kappa shape index (κ3) is 2.67. The Morgan fingerprint density at radius 1 is 1.18 bits per heavy atom. The van der Waals surface area contributed by atoms with Crippen molar-refractivity contribution in [3.8, 4) is 0 Å². The van der Waals surface area contributed by atoms with Gasteiger partial charge in [-0.3, -0.25) is 9.69 Å². The molecule has 5 aliphatic heterocycles. The molecule has 3 atom stereocenters. The first-order chi connectivity index (χ1) is 13.7. The van der Waals surface area contributed by atoms with Crippen LogP contribution in [0.25, 0.3) is 10.1 Å². The number of likely N-dealkylation sites (tertiary alicyclic amines) is 1. The van der Waals surface area contributed by atoms with E-state index < -0.39 is 0 Å². The standard InChI is InChI=1S/C21H27N5OS/c1-24-10-16-8-15(24)11-26(16)14-2-3-17-19(9-14)28-23-20(17)21(27)22-18-12-25-6-4-13(18)5-7-25/h2-3,9,13,15-16,18H,4-8,10-12H2,1H3,(H,22,27)/t15-,16-,18-/m0/s1. The van der Waals surface area contributed by atoms with E-state index in [1.165, 1.54) is 49.6 Å². The highest BCUT2D eigenvalue weighted by atomic mass is 32.1. The van der Waals surface area contributed by atoms with Crippen molar-refractivity contribution >= 4 is 33.2 Å². The summed E-state index contributed by atoms with van der Waals surface area (Å²) in [5.41, 5.74) is 1.88. The normalized spacial score (nSPS) is 34.5. The molecule has 2 aromatic rings. The van der Waals surface area contributed by atoms with Crippen LogP contribution in [0.1, 0.15) is 29.8 Å². The fraction of sp³-hybridized carbons (Fsp3) is 0.619. The number of likely N-dealkylation sites (N-methyl/N-ethyl adjacent to an activating group) is 1. The van der Waals surface area contributed by atoms with Crippen LogP contribution < -0.4 is 10.2 Å². The summed E-state index contributed by atoms with van der Waals surface area (Å²) in [6.07, 6.45) is 3.68. The van der Waals surface area contributed by atoms with Crippen LogP contribution in [0.15, 0.2) is 18.2 Å². The number of carbonyl (C=O) groups excluding carboxylic acids is 1. The van der Waals surface area contributed by atoms with Gasteiger partial charge in [0.1, 0.15) is 5.69 Å². The molecule has 1 amide bonds. The fourth-order valence-electron chi connectivity index (χ4n) is 5.82. The van der Waals surface area contributed by atoms with Crippen molar-refractivity contribution in [3.05, 3.63) is 23.9 Å². The minimum atomic E-state index is -0.000366. The van der Waals surface area contributed by atoms with Gasteiger partial charge in [0.2, 0.25) is 0 Å². The molecular weight excluding hydrogens is 370 g/mol. The van der Waals surface area contributed by atoms with Crippen LogP contribution in [-0.2, 0) is 0 Å². The molecule has 0 aliphatic carbocycles. The molecule has 0 radical (unpaired) electrons. The maximum absolute atomic E-state index is 12.9. The minimum absolute atomic E-state index is 0.000366. The second-order valence-corrected chi connectivity index (χ2v) is 9.87. The molecule has 5 saturated heterocycles. The molecule has 28 heavy (non-hydrogen) atoms. The minimum Gasteiger partial charge on any atom is -0.366 e. The van der Waals surface area contributed by atoms with Crippen LogP contribution >= 0.6 is 11.5 Å². The Kier molecular flexibility index (Phi) is 3.93. The van der Waals surface area contributed by atoms with E-state index >= 15 is 0 Å². The first-order valence-corrected chi connectivity index (χ1v) is 11.3. The zero-order chi connectivity index (χ0) is 18.8. The Balaban J connectivity index is 1.22. The summed E-state index contributed by atoms with van der Waals surface area (Å²) in [7, 11) is 2.23. The molecule has 1 N–H and O–H groups in total. The third-order valence-electron chi connectivity index (χ3n) is 7.49.